The van der Waals surface area contributed by atoms with Gasteiger partial charge in [0.1, 0.15) is 11.5 Å². The number of methoxy groups -OCH3 is 4. The van der Waals surface area contributed by atoms with Gasteiger partial charge in [-0.3, -0.25) is 14.4 Å². The summed E-state index contributed by atoms with van der Waals surface area (Å²) in [5, 5.41) is 34.1. The van der Waals surface area contributed by atoms with Gasteiger partial charge in [-0.05, 0) is 12.3 Å². The van der Waals surface area contributed by atoms with E-state index in [4.69, 9.17) is 18.9 Å². The molecule has 0 saturated carbocycles. The monoisotopic (exact) mass is 558 g/mol. The largest absolute Gasteiger partial charge is 0.504 e. The van der Waals surface area contributed by atoms with E-state index in [9.17, 15) is 34.5 Å². The van der Waals surface area contributed by atoms with Crippen molar-refractivity contribution in [3.05, 3.63) is 49.3 Å². The number of ether oxygens (including phenoxy) is 4. The Morgan fingerprint density at radius 3 is 1.61 bits per heavy atom. The van der Waals surface area contributed by atoms with Gasteiger partial charge in [0, 0.05) is 62.2 Å². The second kappa shape index (κ2) is 8.59. The Morgan fingerprint density at radius 1 is 0.683 bits per heavy atom. The van der Waals surface area contributed by atoms with Gasteiger partial charge in [0.25, 0.3) is 0 Å². The molecule has 1 aliphatic carbocycles. The number of carbonyl (C=O) groups is 2. The van der Waals surface area contributed by atoms with Gasteiger partial charge in [0.2, 0.25) is 0 Å². The summed E-state index contributed by atoms with van der Waals surface area (Å²) in [6.07, 6.45) is -0.416. The van der Waals surface area contributed by atoms with Crippen molar-refractivity contribution in [1.29, 1.82) is 0 Å². The SMILES string of the molecule is COc1c(O)c2c(=O)cc(OC)c3c4c(OC)cc(=O)c5c(O)c(OC)c6c(c(c1CC(C(=O)O)=C6C(C)=O)c23)c54. The molecule has 0 radical (unpaired) electrons. The van der Waals surface area contributed by atoms with E-state index in [1.807, 2.05) is 0 Å². The number of allylic oxidation sites excluding steroid dienone is 1. The van der Waals surface area contributed by atoms with E-state index in [0.717, 1.165) is 6.07 Å². The number of carbonyl (C=O) groups excluding carboxylic acids is 1. The van der Waals surface area contributed by atoms with Gasteiger partial charge in [-0.2, -0.15) is 0 Å². The molecule has 6 rings (SSSR count). The fraction of sp³-hybridized carbons (Fsp3) is 0.200. The molecule has 1 aliphatic rings. The van der Waals surface area contributed by atoms with Crippen molar-refractivity contribution < 1.29 is 43.9 Å². The second-order valence-electron chi connectivity index (χ2n) is 9.66. The zero-order valence-electron chi connectivity index (χ0n) is 22.5. The molecule has 0 aromatic heterocycles. The van der Waals surface area contributed by atoms with E-state index in [2.05, 4.69) is 0 Å². The smallest absolute Gasteiger partial charge is 0.332 e. The van der Waals surface area contributed by atoms with Crippen LogP contribution in [0.4, 0.5) is 0 Å². The maximum absolute atomic E-state index is 13.5. The highest BCUT2D eigenvalue weighted by atomic mass is 16.5. The lowest BCUT2D eigenvalue weighted by Gasteiger charge is -2.24. The number of phenols is 2. The van der Waals surface area contributed by atoms with Crippen molar-refractivity contribution in [3.8, 4) is 34.5 Å². The molecule has 11 heteroatoms. The number of fused-ring (bicyclic) bond motifs is 1. The first-order valence-electron chi connectivity index (χ1n) is 12.3. The fourth-order valence-electron chi connectivity index (χ4n) is 6.39. The zero-order valence-corrected chi connectivity index (χ0v) is 22.5. The summed E-state index contributed by atoms with van der Waals surface area (Å²) in [4.78, 5) is 52.9. The first-order valence-corrected chi connectivity index (χ1v) is 12.3. The van der Waals surface area contributed by atoms with Crippen LogP contribution in [-0.2, 0) is 16.0 Å². The van der Waals surface area contributed by atoms with Crippen molar-refractivity contribution in [2.45, 2.75) is 13.3 Å². The normalized spacial score (nSPS) is 13.0. The van der Waals surface area contributed by atoms with Crippen LogP contribution in [0.5, 0.6) is 34.5 Å². The van der Waals surface area contributed by atoms with Crippen molar-refractivity contribution in [3.63, 3.8) is 0 Å². The molecule has 0 spiro atoms. The molecular formula is C30H22O11. The van der Waals surface area contributed by atoms with Crippen LogP contribution in [0.25, 0.3) is 48.7 Å². The van der Waals surface area contributed by atoms with E-state index < -0.39 is 40.5 Å². The minimum atomic E-state index is -1.44. The van der Waals surface area contributed by atoms with Crippen molar-refractivity contribution >= 4 is 60.4 Å². The Bertz CT molecular complexity index is 2180. The Kier molecular flexibility index (Phi) is 5.43. The van der Waals surface area contributed by atoms with E-state index in [-0.39, 0.29) is 88.4 Å². The summed E-state index contributed by atoms with van der Waals surface area (Å²) in [6.45, 7) is 1.17. The number of benzene rings is 5. The number of hydrogen-bond acceptors (Lipinski definition) is 10. The van der Waals surface area contributed by atoms with Crippen LogP contribution in [0.1, 0.15) is 18.1 Å². The predicted octanol–water partition coefficient (Wildman–Crippen LogP) is 3.32. The molecule has 208 valence electrons. The van der Waals surface area contributed by atoms with Crippen LogP contribution in [0.2, 0.25) is 0 Å². The van der Waals surface area contributed by atoms with Crippen molar-refractivity contribution in [1.82, 2.24) is 0 Å². The van der Waals surface area contributed by atoms with Gasteiger partial charge in [-0.25, -0.2) is 4.79 Å². The van der Waals surface area contributed by atoms with Crippen LogP contribution >= 0.6 is 0 Å². The number of Topliss-reactive ketones (excluding diaryl/α,β-unsaturated/α-hetero) is 1. The van der Waals surface area contributed by atoms with Crippen LogP contribution < -0.4 is 29.8 Å². The lowest BCUT2D eigenvalue weighted by molar-refractivity contribution is -0.132. The molecule has 5 aromatic carbocycles. The molecule has 0 unspecified atom stereocenters. The zero-order chi connectivity index (χ0) is 29.7. The van der Waals surface area contributed by atoms with Gasteiger partial charge >= 0.3 is 5.97 Å². The summed E-state index contributed by atoms with van der Waals surface area (Å²) in [5.41, 5.74) is -1.83. The second-order valence-corrected chi connectivity index (χ2v) is 9.66. The molecule has 41 heavy (non-hydrogen) atoms. The minimum absolute atomic E-state index is 0.0612. The number of hydrogen-bond donors (Lipinski definition) is 3. The standard InChI is InChI=1S/C30H22O11/c1-9(31)16-11(30(36)37)6-10-17-22-18(26(34)28(10)40-4)12(32)7-14(38-2)20(22)21-15(39-3)8-13(33)19-24(21)23(17)25(16)29(41-5)27(19)35/h7-8,34-35H,6H2,1-5H3,(H,36,37). The average Bonchev–Trinajstić information content (AvgIpc) is 3.08. The number of aliphatic carboxylic acids is 1. The van der Waals surface area contributed by atoms with Gasteiger partial charge < -0.3 is 34.3 Å². The number of carboxylic acids is 1. The fourth-order valence-corrected chi connectivity index (χ4v) is 6.39. The summed E-state index contributed by atoms with van der Waals surface area (Å²) >= 11 is 0. The van der Waals surface area contributed by atoms with Crippen molar-refractivity contribution in [2.75, 3.05) is 28.4 Å². The number of phenolic OH excluding ortho intramolecular Hbond substituents is 2. The van der Waals surface area contributed by atoms with Gasteiger partial charge in [0.15, 0.2) is 39.6 Å². The van der Waals surface area contributed by atoms with Crippen LogP contribution in [0.3, 0.4) is 0 Å². The maximum atomic E-state index is 13.5. The number of ketones is 1. The molecule has 0 amide bonds. The summed E-state index contributed by atoms with van der Waals surface area (Å²) in [5.74, 6) is -3.57. The molecule has 0 heterocycles. The summed E-state index contributed by atoms with van der Waals surface area (Å²) < 4.78 is 22.3. The maximum Gasteiger partial charge on any atom is 0.332 e. The third-order valence-corrected chi connectivity index (χ3v) is 7.83. The Balaban J connectivity index is 2.21. The summed E-state index contributed by atoms with van der Waals surface area (Å²) in [7, 11) is 5.14. The molecule has 3 N–H and O–H groups in total. The highest BCUT2D eigenvalue weighted by Crippen LogP contribution is 2.58. The van der Waals surface area contributed by atoms with E-state index in [1.54, 1.807) is 0 Å². The molecule has 0 fully saturated rings. The molecular weight excluding hydrogens is 536 g/mol. The third kappa shape index (κ3) is 3.02. The number of aromatic hydroxyl groups is 2. The first-order chi connectivity index (χ1) is 19.5. The van der Waals surface area contributed by atoms with Crippen LogP contribution in [-0.4, -0.2) is 55.5 Å². The molecule has 0 aliphatic heterocycles. The van der Waals surface area contributed by atoms with E-state index in [0.29, 0.717) is 0 Å². The first kappa shape index (κ1) is 25.9. The lowest BCUT2D eigenvalue weighted by Crippen LogP contribution is -2.12. The minimum Gasteiger partial charge on any atom is -0.504 e. The van der Waals surface area contributed by atoms with Gasteiger partial charge in [0.05, 0.1) is 44.8 Å². The molecule has 11 nitrogen and oxygen atoms in total. The van der Waals surface area contributed by atoms with E-state index in [1.165, 1.54) is 41.4 Å². The third-order valence-electron chi connectivity index (χ3n) is 7.83. The molecule has 0 saturated heterocycles. The quantitative estimate of drug-likeness (QED) is 0.207. The molecule has 0 atom stereocenters. The Labute approximate surface area is 230 Å². The molecule has 0 bridgehead atoms. The van der Waals surface area contributed by atoms with Crippen LogP contribution in [0, 0.1) is 0 Å². The van der Waals surface area contributed by atoms with Crippen LogP contribution in [0.15, 0.2) is 27.3 Å². The number of carboxylic acid groups (broad SMARTS) is 1. The predicted molar refractivity (Wildman–Crippen MR) is 150 cm³/mol. The highest BCUT2D eigenvalue weighted by Gasteiger charge is 2.38. The lowest BCUT2D eigenvalue weighted by atomic mass is 9.83. The average molecular weight is 558 g/mol. The molecule has 5 aromatic rings. The Hall–Kier alpha value is -5.32. The Morgan fingerprint density at radius 2 is 1.17 bits per heavy atom. The van der Waals surface area contributed by atoms with Crippen molar-refractivity contribution in [2.24, 2.45) is 0 Å². The number of rotatable bonds is 6. The van der Waals surface area contributed by atoms with Gasteiger partial charge in [-0.15, -0.1) is 0 Å². The summed E-state index contributed by atoms with van der Waals surface area (Å²) in [6, 6.07) is 2.34. The van der Waals surface area contributed by atoms with Gasteiger partial charge in [-0.1, -0.05) is 0 Å². The highest BCUT2D eigenvalue weighted by molar-refractivity contribution is 6.42. The topological polar surface area (TPSA) is 166 Å². The van der Waals surface area contributed by atoms with E-state index >= 15 is 0 Å².